The number of carbonyl (C=O) groups excluding carboxylic acids is 1. The lowest BCUT2D eigenvalue weighted by Crippen LogP contribution is -2.59. The molecule has 0 saturated heterocycles. The highest BCUT2D eigenvalue weighted by Gasteiger charge is 2.43. The summed E-state index contributed by atoms with van der Waals surface area (Å²) >= 11 is 0. The van der Waals surface area contributed by atoms with E-state index in [0.29, 0.717) is 0 Å². The lowest BCUT2D eigenvalue weighted by molar-refractivity contribution is -0.148. The number of rotatable bonds is 4. The minimum absolute atomic E-state index is 0.601. The minimum atomic E-state index is -1.89. The van der Waals surface area contributed by atoms with Crippen molar-refractivity contribution < 1.29 is 23.8 Å². The highest BCUT2D eigenvalue weighted by molar-refractivity contribution is 5.84. The van der Waals surface area contributed by atoms with Gasteiger partial charge in [0.1, 0.15) is 0 Å². The van der Waals surface area contributed by atoms with E-state index in [-0.39, 0.29) is 0 Å². The van der Waals surface area contributed by atoms with E-state index in [2.05, 4.69) is 0 Å². The van der Waals surface area contributed by atoms with Crippen LogP contribution in [-0.2, 0) is 9.53 Å². The highest BCUT2D eigenvalue weighted by atomic mass is 19.1. The van der Waals surface area contributed by atoms with Gasteiger partial charge in [-0.25, -0.2) is 4.79 Å². The van der Waals surface area contributed by atoms with Gasteiger partial charge in [-0.15, -0.1) is 0 Å². The van der Waals surface area contributed by atoms with Crippen molar-refractivity contribution in [1.29, 1.82) is 0 Å². The van der Waals surface area contributed by atoms with Gasteiger partial charge in [0.05, 0.1) is 11.7 Å². The van der Waals surface area contributed by atoms with Crippen LogP contribution in [0.15, 0.2) is 0 Å². The van der Waals surface area contributed by atoms with Gasteiger partial charge in [-0.2, -0.15) is 4.39 Å². The molecule has 5 nitrogen and oxygen atoms in total. The van der Waals surface area contributed by atoms with Gasteiger partial charge in [-0.05, 0) is 34.6 Å². The van der Waals surface area contributed by atoms with E-state index in [1.807, 2.05) is 5.32 Å². The molecule has 0 saturated carbocycles. The highest BCUT2D eigenvalue weighted by Crippen LogP contribution is 2.21. The van der Waals surface area contributed by atoms with Crippen LogP contribution in [0.5, 0.6) is 0 Å². The molecule has 16 heavy (non-hydrogen) atoms. The first-order chi connectivity index (χ1) is 6.99. The average Bonchev–Trinajstić information content (AvgIpc) is 1.98. The second-order valence-electron chi connectivity index (χ2n) is 4.78. The molecule has 0 aliphatic carbocycles. The fourth-order valence-electron chi connectivity index (χ4n) is 1.18. The fraction of sp³-hybridized carbons (Fsp3) is 0.800. The maximum atomic E-state index is 12.9. The Hall–Kier alpha value is -1.17. The molecular formula is C10H18FNO4. The SMILES string of the molecule is C[C@H](OC(C)(C)C)[C@@](C)(NC(=O)O)C(=O)F. The van der Waals surface area contributed by atoms with Crippen LogP contribution in [0.25, 0.3) is 0 Å². The van der Waals surface area contributed by atoms with Crippen molar-refractivity contribution in [2.24, 2.45) is 0 Å². The Bertz CT molecular complexity index is 287. The Morgan fingerprint density at radius 3 is 2.00 bits per heavy atom. The molecular weight excluding hydrogens is 217 g/mol. The first kappa shape index (κ1) is 14.8. The molecule has 0 aliphatic heterocycles. The summed E-state index contributed by atoms with van der Waals surface area (Å²) in [4.78, 5) is 21.4. The number of hydrogen-bond acceptors (Lipinski definition) is 3. The van der Waals surface area contributed by atoms with Crippen LogP contribution in [0.3, 0.4) is 0 Å². The lowest BCUT2D eigenvalue weighted by Gasteiger charge is -2.35. The van der Waals surface area contributed by atoms with Crippen molar-refractivity contribution >= 4 is 12.1 Å². The van der Waals surface area contributed by atoms with E-state index < -0.39 is 29.4 Å². The Morgan fingerprint density at radius 2 is 1.75 bits per heavy atom. The molecule has 0 spiro atoms. The molecule has 0 heterocycles. The number of hydrogen-bond donors (Lipinski definition) is 2. The van der Waals surface area contributed by atoms with E-state index in [4.69, 9.17) is 9.84 Å². The largest absolute Gasteiger partial charge is 0.465 e. The Labute approximate surface area is 94.0 Å². The predicted octanol–water partition coefficient (Wildman–Crippen LogP) is 1.71. The predicted molar refractivity (Wildman–Crippen MR) is 56.0 cm³/mol. The monoisotopic (exact) mass is 235 g/mol. The van der Waals surface area contributed by atoms with Crippen LogP contribution < -0.4 is 5.32 Å². The number of amides is 1. The van der Waals surface area contributed by atoms with E-state index in [1.54, 1.807) is 20.8 Å². The van der Waals surface area contributed by atoms with Crippen molar-refractivity contribution in [1.82, 2.24) is 5.32 Å². The van der Waals surface area contributed by atoms with Crippen molar-refractivity contribution in [3.05, 3.63) is 0 Å². The second kappa shape index (κ2) is 4.78. The van der Waals surface area contributed by atoms with E-state index in [9.17, 15) is 14.0 Å². The molecule has 0 fully saturated rings. The van der Waals surface area contributed by atoms with Crippen LogP contribution in [0.1, 0.15) is 34.6 Å². The van der Waals surface area contributed by atoms with Gasteiger partial charge in [-0.3, -0.25) is 4.79 Å². The van der Waals surface area contributed by atoms with Crippen LogP contribution >= 0.6 is 0 Å². The first-order valence-corrected chi connectivity index (χ1v) is 4.88. The summed E-state index contributed by atoms with van der Waals surface area (Å²) in [6.45, 7) is 7.78. The Morgan fingerprint density at radius 1 is 1.31 bits per heavy atom. The zero-order valence-corrected chi connectivity index (χ0v) is 10.1. The number of nitrogens with one attached hydrogen (secondary N) is 1. The molecule has 0 aliphatic rings. The summed E-state index contributed by atoms with van der Waals surface area (Å²) in [5, 5.41) is 10.4. The van der Waals surface area contributed by atoms with Crippen LogP contribution in [0, 0.1) is 0 Å². The van der Waals surface area contributed by atoms with Gasteiger partial charge in [0, 0.05) is 0 Å². The van der Waals surface area contributed by atoms with Crippen molar-refractivity contribution in [3.63, 3.8) is 0 Å². The van der Waals surface area contributed by atoms with Crippen molar-refractivity contribution in [2.45, 2.75) is 51.9 Å². The number of halogens is 1. The number of ether oxygens (including phenoxy) is 1. The molecule has 6 heteroatoms. The van der Waals surface area contributed by atoms with Crippen LogP contribution in [0.4, 0.5) is 9.18 Å². The molecule has 0 radical (unpaired) electrons. The maximum absolute atomic E-state index is 12.9. The Balaban J connectivity index is 4.91. The molecule has 0 aromatic heterocycles. The van der Waals surface area contributed by atoms with Crippen molar-refractivity contribution in [3.8, 4) is 0 Å². The summed E-state index contributed by atoms with van der Waals surface area (Å²) in [6, 6.07) is -1.77. The van der Waals surface area contributed by atoms with Gasteiger partial charge in [-0.1, -0.05) is 0 Å². The zero-order valence-electron chi connectivity index (χ0n) is 10.1. The quantitative estimate of drug-likeness (QED) is 0.727. The third kappa shape index (κ3) is 4.14. The van der Waals surface area contributed by atoms with Crippen molar-refractivity contribution in [2.75, 3.05) is 0 Å². The lowest BCUT2D eigenvalue weighted by atomic mass is 9.96. The third-order valence-electron chi connectivity index (χ3n) is 2.12. The zero-order chi connectivity index (χ0) is 13.1. The van der Waals surface area contributed by atoms with Gasteiger partial charge >= 0.3 is 12.1 Å². The van der Waals surface area contributed by atoms with Gasteiger partial charge < -0.3 is 15.2 Å². The van der Waals surface area contributed by atoms with Gasteiger partial charge in [0.25, 0.3) is 0 Å². The molecule has 94 valence electrons. The topological polar surface area (TPSA) is 75.6 Å². The molecule has 0 unspecified atom stereocenters. The first-order valence-electron chi connectivity index (χ1n) is 4.88. The smallest absolute Gasteiger partial charge is 0.405 e. The normalized spacial score (nSPS) is 17.4. The standard InChI is InChI=1S/C10H18FNO4/c1-6(16-9(2,3)4)10(5,7(11)13)12-8(14)15/h6,12H,1-5H3,(H,14,15)/t6-,10+/m0/s1. The molecule has 1 amide bonds. The molecule has 0 aromatic carbocycles. The van der Waals surface area contributed by atoms with E-state index >= 15 is 0 Å². The Kier molecular flexibility index (Phi) is 4.43. The number of carboxylic acid groups (broad SMARTS) is 1. The summed E-state index contributed by atoms with van der Waals surface area (Å²) < 4.78 is 18.3. The molecule has 0 bridgehead atoms. The summed E-state index contributed by atoms with van der Waals surface area (Å²) in [5.74, 6) is 0. The maximum Gasteiger partial charge on any atom is 0.405 e. The molecule has 2 atom stereocenters. The van der Waals surface area contributed by atoms with E-state index in [0.717, 1.165) is 6.92 Å². The van der Waals surface area contributed by atoms with Crippen LogP contribution in [-0.4, -0.2) is 34.5 Å². The van der Waals surface area contributed by atoms with E-state index in [1.165, 1.54) is 6.92 Å². The average molecular weight is 235 g/mol. The second-order valence-corrected chi connectivity index (χ2v) is 4.78. The summed E-state index contributed by atoms with van der Waals surface area (Å²) in [7, 11) is 0. The summed E-state index contributed by atoms with van der Waals surface area (Å²) in [5.41, 5.74) is -2.49. The third-order valence-corrected chi connectivity index (χ3v) is 2.12. The molecule has 0 rings (SSSR count). The van der Waals surface area contributed by atoms with Gasteiger partial charge in [0.15, 0.2) is 5.54 Å². The fourth-order valence-corrected chi connectivity index (χ4v) is 1.18. The summed E-state index contributed by atoms with van der Waals surface area (Å²) in [6.07, 6.45) is -2.39. The molecule has 0 aromatic rings. The van der Waals surface area contributed by atoms with Gasteiger partial charge in [0.2, 0.25) is 0 Å². The van der Waals surface area contributed by atoms with Crippen LogP contribution in [0.2, 0.25) is 0 Å². The number of carbonyl (C=O) groups is 2. The minimum Gasteiger partial charge on any atom is -0.465 e. The molecule has 2 N–H and O–H groups in total.